The van der Waals surface area contributed by atoms with Gasteiger partial charge in [0, 0.05) is 18.3 Å². The van der Waals surface area contributed by atoms with Gasteiger partial charge >= 0.3 is 0 Å². The molecule has 2 aromatic rings. The lowest BCUT2D eigenvalue weighted by atomic mass is 10.1. The fourth-order valence-corrected chi connectivity index (χ4v) is 5.41. The number of hydrogen-bond donors (Lipinski definition) is 1. The van der Waals surface area contributed by atoms with Crippen molar-refractivity contribution < 1.29 is 14.0 Å². The number of rotatable bonds is 10. The number of nitrogens with zero attached hydrogens (tertiary/aromatic N) is 1. The Labute approximate surface area is 201 Å². The van der Waals surface area contributed by atoms with Gasteiger partial charge in [-0.3, -0.25) is 9.59 Å². The van der Waals surface area contributed by atoms with Gasteiger partial charge in [-0.1, -0.05) is 61.2 Å². The Balaban J connectivity index is 1.70. The lowest BCUT2D eigenvalue weighted by Crippen LogP contribution is -2.51. The summed E-state index contributed by atoms with van der Waals surface area (Å²) < 4.78 is 13.4. The topological polar surface area (TPSA) is 49.4 Å². The molecule has 0 spiro atoms. The lowest BCUT2D eigenvalue weighted by Gasteiger charge is -2.31. The number of thioether (sulfide) groups is 1. The first kappa shape index (κ1) is 25.3. The molecule has 0 heterocycles. The molecule has 1 N–H and O–H groups in total. The molecular formula is C27H35FN2O2S. The summed E-state index contributed by atoms with van der Waals surface area (Å²) in [5.41, 5.74) is 4.44. The number of carbonyl (C=O) groups is 2. The molecule has 3 rings (SSSR count). The third kappa shape index (κ3) is 7.60. The van der Waals surface area contributed by atoms with Gasteiger partial charge in [0.25, 0.3) is 0 Å². The minimum Gasteiger partial charge on any atom is -0.352 e. The molecule has 6 heteroatoms. The molecule has 33 heavy (non-hydrogen) atoms. The van der Waals surface area contributed by atoms with Crippen LogP contribution in [0.25, 0.3) is 0 Å². The van der Waals surface area contributed by atoms with Crippen molar-refractivity contribution in [3.63, 3.8) is 0 Å². The van der Waals surface area contributed by atoms with Crippen LogP contribution in [0, 0.1) is 19.7 Å². The maximum absolute atomic E-state index is 13.4. The van der Waals surface area contributed by atoms with E-state index in [0.717, 1.165) is 37.0 Å². The molecular weight excluding hydrogens is 435 g/mol. The molecule has 1 fully saturated rings. The van der Waals surface area contributed by atoms with Crippen LogP contribution in [0.5, 0.6) is 0 Å². The van der Waals surface area contributed by atoms with Crippen LogP contribution >= 0.6 is 11.8 Å². The highest BCUT2D eigenvalue weighted by atomic mass is 32.2. The van der Waals surface area contributed by atoms with E-state index in [-0.39, 0.29) is 23.7 Å². The van der Waals surface area contributed by atoms with Crippen molar-refractivity contribution in [2.75, 3.05) is 5.75 Å². The second-order valence-electron chi connectivity index (χ2n) is 9.05. The zero-order valence-electron chi connectivity index (χ0n) is 19.9. The molecule has 1 aliphatic carbocycles. The molecule has 0 unspecified atom stereocenters. The van der Waals surface area contributed by atoms with Crippen LogP contribution in [-0.2, 0) is 21.9 Å². The Morgan fingerprint density at radius 1 is 1.06 bits per heavy atom. The molecule has 178 valence electrons. The van der Waals surface area contributed by atoms with Crippen LogP contribution in [0.1, 0.15) is 61.3 Å². The van der Waals surface area contributed by atoms with Crippen LogP contribution in [0.3, 0.4) is 0 Å². The van der Waals surface area contributed by atoms with Crippen molar-refractivity contribution in [2.24, 2.45) is 0 Å². The molecule has 0 radical (unpaired) electrons. The molecule has 0 aromatic heterocycles. The first-order valence-corrected chi connectivity index (χ1v) is 13.0. The summed E-state index contributed by atoms with van der Waals surface area (Å²) in [6.07, 6.45) is 4.80. The Morgan fingerprint density at radius 2 is 1.70 bits per heavy atom. The van der Waals surface area contributed by atoms with Crippen LogP contribution in [-0.4, -0.2) is 34.6 Å². The van der Waals surface area contributed by atoms with Gasteiger partial charge in [0.2, 0.25) is 11.8 Å². The SMILES string of the molecule is CC[C@@H](C(=O)NC1CCCC1)N(Cc1ccc(F)cc1)C(=O)CSCc1cc(C)cc(C)c1. The zero-order valence-corrected chi connectivity index (χ0v) is 20.7. The summed E-state index contributed by atoms with van der Waals surface area (Å²) in [6, 6.07) is 12.2. The van der Waals surface area contributed by atoms with Crippen LogP contribution < -0.4 is 5.32 Å². The van der Waals surface area contributed by atoms with Gasteiger partial charge in [-0.2, -0.15) is 0 Å². The quantitative estimate of drug-likeness (QED) is 0.496. The number of amides is 2. The molecule has 1 atom stereocenters. The fraction of sp³-hybridized carbons (Fsp3) is 0.481. The minimum atomic E-state index is -0.537. The third-order valence-electron chi connectivity index (χ3n) is 6.13. The van der Waals surface area contributed by atoms with E-state index in [4.69, 9.17) is 0 Å². The molecule has 1 aliphatic rings. The van der Waals surface area contributed by atoms with Gasteiger partial charge in [0.05, 0.1) is 5.75 Å². The lowest BCUT2D eigenvalue weighted by molar-refractivity contribution is -0.139. The third-order valence-corrected chi connectivity index (χ3v) is 7.12. The maximum atomic E-state index is 13.4. The van der Waals surface area contributed by atoms with E-state index in [2.05, 4.69) is 37.4 Å². The second kappa shape index (κ2) is 12.2. The summed E-state index contributed by atoms with van der Waals surface area (Å²) in [5, 5.41) is 3.15. The van der Waals surface area contributed by atoms with E-state index >= 15 is 0 Å². The largest absolute Gasteiger partial charge is 0.352 e. The van der Waals surface area contributed by atoms with Gasteiger partial charge in [0.1, 0.15) is 11.9 Å². The average Bonchev–Trinajstić information content (AvgIpc) is 3.27. The van der Waals surface area contributed by atoms with Crippen molar-refractivity contribution in [2.45, 2.75) is 77.3 Å². The molecule has 2 aromatic carbocycles. The molecule has 1 saturated carbocycles. The smallest absolute Gasteiger partial charge is 0.243 e. The van der Waals surface area contributed by atoms with E-state index in [1.54, 1.807) is 28.8 Å². The van der Waals surface area contributed by atoms with Crippen molar-refractivity contribution >= 4 is 23.6 Å². The Hall–Kier alpha value is -2.34. The van der Waals surface area contributed by atoms with E-state index in [0.29, 0.717) is 18.7 Å². The van der Waals surface area contributed by atoms with Crippen molar-refractivity contribution in [3.8, 4) is 0 Å². The number of nitrogens with one attached hydrogen (secondary N) is 1. The number of halogens is 1. The van der Waals surface area contributed by atoms with Crippen LogP contribution in [0.15, 0.2) is 42.5 Å². The van der Waals surface area contributed by atoms with E-state index < -0.39 is 6.04 Å². The van der Waals surface area contributed by atoms with Gasteiger partial charge in [0.15, 0.2) is 0 Å². The summed E-state index contributed by atoms with van der Waals surface area (Å²) in [7, 11) is 0. The van der Waals surface area contributed by atoms with Gasteiger partial charge in [-0.25, -0.2) is 4.39 Å². The monoisotopic (exact) mass is 470 g/mol. The van der Waals surface area contributed by atoms with Crippen molar-refractivity contribution in [1.82, 2.24) is 10.2 Å². The number of aryl methyl sites for hydroxylation is 2. The van der Waals surface area contributed by atoms with Crippen LogP contribution in [0.2, 0.25) is 0 Å². The fourth-order valence-electron chi connectivity index (χ4n) is 4.56. The molecule has 2 amide bonds. The molecule has 0 bridgehead atoms. The van der Waals surface area contributed by atoms with Crippen molar-refractivity contribution in [3.05, 3.63) is 70.5 Å². The summed E-state index contributed by atoms with van der Waals surface area (Å²) in [4.78, 5) is 28.1. The van der Waals surface area contributed by atoms with E-state index in [9.17, 15) is 14.0 Å². The van der Waals surface area contributed by atoms with Crippen molar-refractivity contribution in [1.29, 1.82) is 0 Å². The number of benzene rings is 2. The predicted octanol–water partition coefficient (Wildman–Crippen LogP) is 5.54. The number of carbonyl (C=O) groups excluding carboxylic acids is 2. The van der Waals surface area contributed by atoms with E-state index in [1.165, 1.54) is 28.8 Å². The Morgan fingerprint density at radius 3 is 2.30 bits per heavy atom. The first-order chi connectivity index (χ1) is 15.9. The van der Waals surface area contributed by atoms with Gasteiger partial charge in [-0.05, 0) is 56.4 Å². The standard InChI is InChI=1S/C27H35FN2O2S/c1-4-25(27(32)29-24-7-5-6-8-24)30(16-21-9-11-23(28)12-10-21)26(31)18-33-17-22-14-19(2)13-20(3)15-22/h9-15,24-25H,4-8,16-18H2,1-3H3,(H,29,32)/t25-/m0/s1. The highest BCUT2D eigenvalue weighted by Gasteiger charge is 2.30. The predicted molar refractivity (Wildman–Crippen MR) is 134 cm³/mol. The highest BCUT2D eigenvalue weighted by molar-refractivity contribution is 7.99. The normalized spacial score (nSPS) is 14.8. The second-order valence-corrected chi connectivity index (χ2v) is 10.0. The average molecular weight is 471 g/mol. The highest BCUT2D eigenvalue weighted by Crippen LogP contribution is 2.21. The molecule has 4 nitrogen and oxygen atoms in total. The van der Waals surface area contributed by atoms with Crippen LogP contribution in [0.4, 0.5) is 4.39 Å². The number of hydrogen-bond acceptors (Lipinski definition) is 3. The Bertz CT molecular complexity index is 921. The summed E-state index contributed by atoms with van der Waals surface area (Å²) in [6.45, 7) is 6.38. The van der Waals surface area contributed by atoms with Gasteiger partial charge in [-0.15, -0.1) is 11.8 Å². The Kier molecular flexibility index (Phi) is 9.36. The summed E-state index contributed by atoms with van der Waals surface area (Å²) in [5.74, 6) is 0.568. The first-order valence-electron chi connectivity index (χ1n) is 11.8. The zero-order chi connectivity index (χ0) is 23.8. The molecule has 0 saturated heterocycles. The minimum absolute atomic E-state index is 0.0675. The van der Waals surface area contributed by atoms with Gasteiger partial charge < -0.3 is 10.2 Å². The maximum Gasteiger partial charge on any atom is 0.243 e. The molecule has 0 aliphatic heterocycles. The van der Waals surface area contributed by atoms with E-state index in [1.807, 2.05) is 6.92 Å². The summed E-state index contributed by atoms with van der Waals surface area (Å²) >= 11 is 1.56.